The molecule has 8 nitrogen and oxygen atoms in total. The second-order valence-corrected chi connectivity index (χ2v) is 4.79. The predicted molar refractivity (Wildman–Crippen MR) is 72.8 cm³/mol. The third kappa shape index (κ3) is 3.13. The summed E-state index contributed by atoms with van der Waals surface area (Å²) in [5.74, 6) is 0.211. The van der Waals surface area contributed by atoms with Crippen molar-refractivity contribution < 1.29 is 9.72 Å². The molecule has 2 rings (SSSR count). The Morgan fingerprint density at radius 2 is 2.15 bits per heavy atom. The van der Waals surface area contributed by atoms with E-state index in [4.69, 9.17) is 11.6 Å². The van der Waals surface area contributed by atoms with Gasteiger partial charge in [0.25, 0.3) is 0 Å². The normalized spacial score (nSPS) is 15.9. The molecular weight excluding hydrogens is 286 g/mol. The third-order valence-electron chi connectivity index (χ3n) is 3.16. The topological polar surface area (TPSA) is 92.5 Å². The number of halogens is 1. The van der Waals surface area contributed by atoms with Crippen LogP contribution >= 0.6 is 11.6 Å². The molecule has 108 valence electrons. The van der Waals surface area contributed by atoms with Gasteiger partial charge in [-0.25, -0.2) is 4.98 Å². The minimum atomic E-state index is -0.528. The Hall–Kier alpha value is -1.96. The van der Waals surface area contributed by atoms with Gasteiger partial charge in [0.05, 0.1) is 4.92 Å². The van der Waals surface area contributed by atoms with Gasteiger partial charge in [-0.1, -0.05) is 0 Å². The molecular formula is C11H14ClN5O3. The molecule has 9 heteroatoms. The average Bonchev–Trinajstić information content (AvgIpc) is 2.63. The molecule has 0 radical (unpaired) electrons. The number of nitrogens with zero attached hydrogens (tertiary/aromatic N) is 5. The van der Waals surface area contributed by atoms with E-state index in [2.05, 4.69) is 9.97 Å². The van der Waals surface area contributed by atoms with Crippen molar-refractivity contribution >= 4 is 29.0 Å². The van der Waals surface area contributed by atoms with Gasteiger partial charge in [0.2, 0.25) is 17.0 Å². The second kappa shape index (κ2) is 6.00. The number of carbonyl (C=O) groups is 1. The molecule has 0 aliphatic carbocycles. The Morgan fingerprint density at radius 3 is 2.80 bits per heavy atom. The molecule has 0 N–H and O–H groups in total. The van der Waals surface area contributed by atoms with E-state index in [9.17, 15) is 14.9 Å². The average molecular weight is 300 g/mol. The highest BCUT2D eigenvalue weighted by atomic mass is 35.5. The van der Waals surface area contributed by atoms with Crippen LogP contribution in [0.3, 0.4) is 0 Å². The minimum absolute atomic E-state index is 0.00192. The van der Waals surface area contributed by atoms with Crippen molar-refractivity contribution in [3.05, 3.63) is 21.6 Å². The van der Waals surface area contributed by atoms with Crippen LogP contribution in [0.15, 0.2) is 6.20 Å². The van der Waals surface area contributed by atoms with Gasteiger partial charge in [0, 0.05) is 33.1 Å². The predicted octanol–water partition coefficient (Wildman–Crippen LogP) is 1.10. The summed E-state index contributed by atoms with van der Waals surface area (Å²) < 4.78 is 0. The number of rotatable bonds is 2. The molecule has 0 bridgehead atoms. The van der Waals surface area contributed by atoms with E-state index in [0.29, 0.717) is 26.2 Å². The Bertz CT molecular complexity index is 539. The fourth-order valence-electron chi connectivity index (χ4n) is 2.15. The highest BCUT2D eigenvalue weighted by Crippen LogP contribution is 2.26. The fourth-order valence-corrected chi connectivity index (χ4v) is 2.28. The molecule has 2 heterocycles. The van der Waals surface area contributed by atoms with E-state index in [1.54, 1.807) is 9.80 Å². The number of anilines is 1. The SMILES string of the molecule is CC(=O)N1CCCN(c2nc(Cl)ncc2[N+](=O)[O-])CC1. The maximum absolute atomic E-state index is 11.4. The molecule has 1 saturated heterocycles. The van der Waals surface area contributed by atoms with Gasteiger partial charge in [-0.15, -0.1) is 0 Å². The number of nitro groups is 1. The van der Waals surface area contributed by atoms with Crippen molar-refractivity contribution in [2.24, 2.45) is 0 Å². The largest absolute Gasteiger partial charge is 0.349 e. The van der Waals surface area contributed by atoms with Gasteiger partial charge in [-0.05, 0) is 18.0 Å². The van der Waals surface area contributed by atoms with E-state index in [0.717, 1.165) is 12.6 Å². The first-order valence-corrected chi connectivity index (χ1v) is 6.54. The number of aromatic nitrogens is 2. The Balaban J connectivity index is 2.25. The van der Waals surface area contributed by atoms with Crippen molar-refractivity contribution in [3.63, 3.8) is 0 Å². The van der Waals surface area contributed by atoms with Crippen LogP contribution in [0, 0.1) is 10.1 Å². The summed E-state index contributed by atoms with van der Waals surface area (Å²) in [6, 6.07) is 0. The highest BCUT2D eigenvalue weighted by molar-refractivity contribution is 6.28. The maximum atomic E-state index is 11.4. The van der Waals surface area contributed by atoms with Crippen LogP contribution in [0.2, 0.25) is 5.28 Å². The molecule has 1 aliphatic heterocycles. The number of carbonyl (C=O) groups excluding carboxylic acids is 1. The van der Waals surface area contributed by atoms with Gasteiger partial charge < -0.3 is 9.80 Å². The lowest BCUT2D eigenvalue weighted by molar-refractivity contribution is -0.384. The first-order valence-electron chi connectivity index (χ1n) is 6.16. The number of hydrogen-bond donors (Lipinski definition) is 0. The zero-order chi connectivity index (χ0) is 14.7. The van der Waals surface area contributed by atoms with Gasteiger partial charge in [0.1, 0.15) is 6.20 Å². The third-order valence-corrected chi connectivity index (χ3v) is 3.34. The van der Waals surface area contributed by atoms with Crippen molar-refractivity contribution in [1.82, 2.24) is 14.9 Å². The molecule has 1 fully saturated rings. The lowest BCUT2D eigenvalue weighted by atomic mass is 10.3. The molecule has 1 aromatic rings. The summed E-state index contributed by atoms with van der Waals surface area (Å²) in [5, 5.41) is 11.0. The molecule has 1 aliphatic rings. The standard InChI is InChI=1S/C11H14ClN5O3/c1-8(18)15-3-2-4-16(6-5-15)10-9(17(19)20)7-13-11(12)14-10/h7H,2-6H2,1H3. The summed E-state index contributed by atoms with van der Waals surface area (Å²) in [6.45, 7) is 3.72. The van der Waals surface area contributed by atoms with Crippen LogP contribution in [0.5, 0.6) is 0 Å². The molecule has 0 saturated carbocycles. The van der Waals surface area contributed by atoms with E-state index in [-0.39, 0.29) is 22.7 Å². The van der Waals surface area contributed by atoms with E-state index in [1.807, 2.05) is 0 Å². The van der Waals surface area contributed by atoms with E-state index in [1.165, 1.54) is 6.92 Å². The van der Waals surface area contributed by atoms with Crippen LogP contribution in [0.25, 0.3) is 0 Å². The van der Waals surface area contributed by atoms with E-state index >= 15 is 0 Å². The highest BCUT2D eigenvalue weighted by Gasteiger charge is 2.25. The fraction of sp³-hybridized carbons (Fsp3) is 0.545. The van der Waals surface area contributed by atoms with Crippen LogP contribution in [-0.2, 0) is 4.79 Å². The second-order valence-electron chi connectivity index (χ2n) is 4.45. The lowest BCUT2D eigenvalue weighted by Crippen LogP contribution is -2.34. The van der Waals surface area contributed by atoms with E-state index < -0.39 is 4.92 Å². The van der Waals surface area contributed by atoms with Gasteiger partial charge >= 0.3 is 5.69 Å². The van der Waals surface area contributed by atoms with Crippen molar-refractivity contribution in [2.75, 3.05) is 31.1 Å². The summed E-state index contributed by atoms with van der Waals surface area (Å²) in [6.07, 6.45) is 1.83. The van der Waals surface area contributed by atoms with Crippen LogP contribution < -0.4 is 4.90 Å². The van der Waals surface area contributed by atoms with Crippen molar-refractivity contribution in [2.45, 2.75) is 13.3 Å². The Kier molecular flexibility index (Phi) is 4.33. The summed E-state index contributed by atoms with van der Waals surface area (Å²) in [4.78, 5) is 33.0. The van der Waals surface area contributed by atoms with Crippen LogP contribution in [0.4, 0.5) is 11.5 Å². The van der Waals surface area contributed by atoms with Crippen molar-refractivity contribution in [1.29, 1.82) is 0 Å². The maximum Gasteiger partial charge on any atom is 0.329 e. The number of hydrogen-bond acceptors (Lipinski definition) is 6. The molecule has 20 heavy (non-hydrogen) atoms. The smallest absolute Gasteiger partial charge is 0.329 e. The monoisotopic (exact) mass is 299 g/mol. The molecule has 0 unspecified atom stereocenters. The zero-order valence-electron chi connectivity index (χ0n) is 11.0. The zero-order valence-corrected chi connectivity index (χ0v) is 11.7. The Labute approximate surface area is 120 Å². The van der Waals surface area contributed by atoms with Gasteiger partial charge in [0.15, 0.2) is 0 Å². The molecule has 1 amide bonds. The van der Waals surface area contributed by atoms with Gasteiger partial charge in [-0.2, -0.15) is 4.98 Å². The number of amides is 1. The van der Waals surface area contributed by atoms with Crippen molar-refractivity contribution in [3.8, 4) is 0 Å². The summed E-state index contributed by atoms with van der Waals surface area (Å²) in [5.41, 5.74) is -0.175. The van der Waals surface area contributed by atoms with Crippen LogP contribution in [0.1, 0.15) is 13.3 Å². The van der Waals surface area contributed by atoms with Crippen LogP contribution in [-0.4, -0.2) is 51.9 Å². The summed E-state index contributed by atoms with van der Waals surface area (Å²) >= 11 is 5.72. The molecule has 0 atom stereocenters. The minimum Gasteiger partial charge on any atom is -0.349 e. The molecule has 0 spiro atoms. The first kappa shape index (κ1) is 14.4. The van der Waals surface area contributed by atoms with Gasteiger partial charge in [-0.3, -0.25) is 14.9 Å². The summed E-state index contributed by atoms with van der Waals surface area (Å²) in [7, 11) is 0. The lowest BCUT2D eigenvalue weighted by Gasteiger charge is -2.21. The Morgan fingerprint density at radius 1 is 1.40 bits per heavy atom. The molecule has 0 aromatic carbocycles. The quantitative estimate of drug-likeness (QED) is 0.461. The first-order chi connectivity index (χ1) is 9.49. The molecule has 1 aromatic heterocycles.